The second-order valence-corrected chi connectivity index (χ2v) is 2.79. The number of pyridine rings is 1. The lowest BCUT2D eigenvalue weighted by Gasteiger charge is -2.05. The third-order valence-electron chi connectivity index (χ3n) is 1.74. The minimum atomic E-state index is -1.15. The molecule has 2 aromatic heterocycles. The molecule has 7 nitrogen and oxygen atoms in total. The smallest absolute Gasteiger partial charge is 0.358 e. The van der Waals surface area contributed by atoms with E-state index in [0.29, 0.717) is 5.82 Å². The Morgan fingerprint density at radius 1 is 1.50 bits per heavy atom. The molecule has 2 heterocycles. The molecule has 0 radical (unpaired) electrons. The van der Waals surface area contributed by atoms with Crippen molar-refractivity contribution in [3.8, 4) is 5.75 Å². The van der Waals surface area contributed by atoms with Crippen LogP contribution in [0.4, 0.5) is 0 Å². The summed E-state index contributed by atoms with van der Waals surface area (Å²) in [5.74, 6) is -0.649. The van der Waals surface area contributed by atoms with Crippen LogP contribution in [-0.4, -0.2) is 26.2 Å². The van der Waals surface area contributed by atoms with Crippen LogP contribution in [0.3, 0.4) is 0 Å². The highest BCUT2D eigenvalue weighted by molar-refractivity contribution is 5.88. The molecule has 0 aliphatic heterocycles. The number of carboxylic acids is 1. The minimum Gasteiger partial charge on any atom is -0.483 e. The lowest BCUT2D eigenvalue weighted by atomic mass is 10.3. The Labute approximate surface area is 89.7 Å². The summed E-state index contributed by atoms with van der Waals surface area (Å²) in [6, 6.07) is 3.09. The molecule has 82 valence electrons. The molecule has 0 saturated heterocycles. The molecule has 1 N–H and O–H groups in total. The Hall–Kier alpha value is -2.44. The molecule has 2 aromatic rings. The number of carbonyl (C=O) groups is 1. The largest absolute Gasteiger partial charge is 0.483 e. The molecule has 7 heteroatoms. The number of hydrogen-bond donors (Lipinski definition) is 1. The maximum absolute atomic E-state index is 10.8. The van der Waals surface area contributed by atoms with E-state index >= 15 is 0 Å². The second kappa shape index (κ2) is 4.39. The first-order chi connectivity index (χ1) is 7.77. The van der Waals surface area contributed by atoms with E-state index in [2.05, 4.69) is 19.6 Å². The summed E-state index contributed by atoms with van der Waals surface area (Å²) in [5.41, 5.74) is -0.147. The van der Waals surface area contributed by atoms with E-state index in [9.17, 15) is 4.79 Å². The van der Waals surface area contributed by atoms with Crippen molar-refractivity contribution in [1.82, 2.24) is 15.1 Å². The van der Waals surface area contributed by atoms with Gasteiger partial charge in [0.1, 0.15) is 0 Å². The van der Waals surface area contributed by atoms with Gasteiger partial charge in [0.25, 0.3) is 0 Å². The Morgan fingerprint density at radius 2 is 2.38 bits per heavy atom. The van der Waals surface area contributed by atoms with Gasteiger partial charge in [-0.05, 0) is 12.1 Å². The Balaban J connectivity index is 2.12. The Bertz CT molecular complexity index is 483. The van der Waals surface area contributed by atoms with E-state index in [1.807, 2.05) is 0 Å². The van der Waals surface area contributed by atoms with E-state index < -0.39 is 5.97 Å². The summed E-state index contributed by atoms with van der Waals surface area (Å²) in [5, 5.41) is 12.4. The van der Waals surface area contributed by atoms with Gasteiger partial charge in [-0.1, -0.05) is 5.16 Å². The fourth-order valence-electron chi connectivity index (χ4n) is 1.07. The first-order valence-corrected chi connectivity index (χ1v) is 4.33. The maximum atomic E-state index is 10.8. The van der Waals surface area contributed by atoms with E-state index in [-0.39, 0.29) is 18.1 Å². The van der Waals surface area contributed by atoms with Crippen molar-refractivity contribution < 1.29 is 19.2 Å². The number of aromatic nitrogens is 3. The van der Waals surface area contributed by atoms with Gasteiger partial charge >= 0.3 is 5.97 Å². The third-order valence-corrected chi connectivity index (χ3v) is 1.74. The number of nitrogens with zero attached hydrogens (tertiary/aromatic N) is 3. The summed E-state index contributed by atoms with van der Waals surface area (Å²) in [6.45, 7) is 0.0302. The molecule has 0 aromatic carbocycles. The van der Waals surface area contributed by atoms with Gasteiger partial charge in [0.2, 0.25) is 12.2 Å². The van der Waals surface area contributed by atoms with E-state index in [0.717, 1.165) is 0 Å². The molecule has 0 aliphatic carbocycles. The van der Waals surface area contributed by atoms with Crippen LogP contribution in [0, 0.1) is 0 Å². The SMILES string of the molecule is O=C(O)c1ncccc1OCc1ncon1. The molecule has 0 fully saturated rings. The van der Waals surface area contributed by atoms with Gasteiger partial charge in [-0.3, -0.25) is 0 Å². The van der Waals surface area contributed by atoms with Crippen molar-refractivity contribution in [2.75, 3.05) is 0 Å². The van der Waals surface area contributed by atoms with Crippen molar-refractivity contribution in [2.24, 2.45) is 0 Å². The van der Waals surface area contributed by atoms with Crippen LogP contribution in [0.25, 0.3) is 0 Å². The average molecular weight is 221 g/mol. The lowest BCUT2D eigenvalue weighted by molar-refractivity contribution is 0.0684. The number of ether oxygens (including phenoxy) is 1. The van der Waals surface area contributed by atoms with Crippen LogP contribution >= 0.6 is 0 Å². The molecule has 0 saturated carbocycles. The standard InChI is InChI=1S/C9H7N3O4/c13-9(14)8-6(2-1-3-10-8)15-4-7-11-5-16-12-7/h1-3,5H,4H2,(H,13,14). The van der Waals surface area contributed by atoms with Crippen LogP contribution in [0.5, 0.6) is 5.75 Å². The molecule has 0 spiro atoms. The van der Waals surface area contributed by atoms with Gasteiger partial charge in [0.15, 0.2) is 18.1 Å². The molecular weight excluding hydrogens is 214 g/mol. The Morgan fingerprint density at radius 3 is 3.06 bits per heavy atom. The highest BCUT2D eigenvalue weighted by atomic mass is 16.5. The summed E-state index contributed by atoms with van der Waals surface area (Å²) in [7, 11) is 0. The fourth-order valence-corrected chi connectivity index (χ4v) is 1.07. The zero-order valence-electron chi connectivity index (χ0n) is 8.03. The maximum Gasteiger partial charge on any atom is 0.358 e. The van der Waals surface area contributed by atoms with E-state index in [1.165, 1.54) is 18.7 Å². The second-order valence-electron chi connectivity index (χ2n) is 2.79. The first kappa shape index (κ1) is 10.1. The zero-order chi connectivity index (χ0) is 11.4. The van der Waals surface area contributed by atoms with Gasteiger partial charge < -0.3 is 14.4 Å². The van der Waals surface area contributed by atoms with Crippen LogP contribution in [0.1, 0.15) is 16.3 Å². The molecule has 0 amide bonds. The summed E-state index contributed by atoms with van der Waals surface area (Å²) in [6.07, 6.45) is 2.55. The van der Waals surface area contributed by atoms with E-state index in [4.69, 9.17) is 9.84 Å². The Kier molecular flexibility index (Phi) is 2.77. The summed E-state index contributed by atoms with van der Waals surface area (Å²) in [4.78, 5) is 18.2. The van der Waals surface area contributed by atoms with Gasteiger partial charge in [0.05, 0.1) is 0 Å². The molecular formula is C9H7N3O4. The number of rotatable bonds is 4. The molecule has 16 heavy (non-hydrogen) atoms. The summed E-state index contributed by atoms with van der Waals surface area (Å²) < 4.78 is 9.72. The van der Waals surface area contributed by atoms with Crippen LogP contribution < -0.4 is 4.74 Å². The van der Waals surface area contributed by atoms with Gasteiger partial charge in [-0.2, -0.15) is 4.98 Å². The predicted molar refractivity (Wildman–Crippen MR) is 49.8 cm³/mol. The highest BCUT2D eigenvalue weighted by Gasteiger charge is 2.12. The van der Waals surface area contributed by atoms with Gasteiger partial charge in [-0.15, -0.1) is 0 Å². The quantitative estimate of drug-likeness (QED) is 0.812. The van der Waals surface area contributed by atoms with Crippen molar-refractivity contribution in [2.45, 2.75) is 6.61 Å². The first-order valence-electron chi connectivity index (χ1n) is 4.33. The zero-order valence-corrected chi connectivity index (χ0v) is 8.03. The van der Waals surface area contributed by atoms with Crippen molar-refractivity contribution in [1.29, 1.82) is 0 Å². The molecule has 0 bridgehead atoms. The van der Waals surface area contributed by atoms with Crippen molar-refractivity contribution in [3.05, 3.63) is 36.2 Å². The van der Waals surface area contributed by atoms with Gasteiger partial charge in [0, 0.05) is 6.20 Å². The highest BCUT2D eigenvalue weighted by Crippen LogP contribution is 2.15. The van der Waals surface area contributed by atoms with Crippen LogP contribution in [0.15, 0.2) is 29.2 Å². The fraction of sp³-hybridized carbons (Fsp3) is 0.111. The van der Waals surface area contributed by atoms with Gasteiger partial charge in [-0.25, -0.2) is 9.78 Å². The topological polar surface area (TPSA) is 98.3 Å². The number of hydrogen-bond acceptors (Lipinski definition) is 6. The van der Waals surface area contributed by atoms with Crippen LogP contribution in [0.2, 0.25) is 0 Å². The third kappa shape index (κ3) is 2.14. The molecule has 2 rings (SSSR count). The predicted octanol–water partition coefficient (Wildman–Crippen LogP) is 0.742. The lowest BCUT2D eigenvalue weighted by Crippen LogP contribution is -2.06. The summed E-state index contributed by atoms with van der Waals surface area (Å²) >= 11 is 0. The monoisotopic (exact) mass is 221 g/mol. The number of carboxylic acid groups (broad SMARTS) is 1. The van der Waals surface area contributed by atoms with Crippen molar-refractivity contribution in [3.63, 3.8) is 0 Å². The minimum absolute atomic E-state index is 0.0302. The van der Waals surface area contributed by atoms with E-state index in [1.54, 1.807) is 6.07 Å². The average Bonchev–Trinajstić information content (AvgIpc) is 2.79. The van der Waals surface area contributed by atoms with Crippen molar-refractivity contribution >= 4 is 5.97 Å². The van der Waals surface area contributed by atoms with Crippen LogP contribution in [-0.2, 0) is 6.61 Å². The molecule has 0 unspecified atom stereocenters. The normalized spacial score (nSPS) is 10.0. The molecule has 0 aliphatic rings. The molecule has 0 atom stereocenters. The number of aromatic carboxylic acids is 1.